The van der Waals surface area contributed by atoms with Crippen LogP contribution < -0.4 is 0 Å². The summed E-state index contributed by atoms with van der Waals surface area (Å²) in [6.07, 6.45) is 2.71. The van der Waals surface area contributed by atoms with Gasteiger partial charge in [-0.3, -0.25) is 0 Å². The first-order valence-corrected chi connectivity index (χ1v) is 6.73. The lowest BCUT2D eigenvalue weighted by Gasteiger charge is -2.13. The topological polar surface area (TPSA) is 46.5 Å². The van der Waals surface area contributed by atoms with Crippen LogP contribution in [0.25, 0.3) is 0 Å². The van der Waals surface area contributed by atoms with Gasteiger partial charge in [0.25, 0.3) is 0 Å². The van der Waals surface area contributed by atoms with Crippen LogP contribution in [0.3, 0.4) is 0 Å². The number of carbonyl (C=O) groups is 1. The third-order valence-electron chi connectivity index (χ3n) is 3.04. The highest BCUT2D eigenvalue weighted by Crippen LogP contribution is 2.42. The van der Waals surface area contributed by atoms with E-state index in [0.29, 0.717) is 24.0 Å². The Bertz CT molecular complexity index is 619. The van der Waals surface area contributed by atoms with Crippen molar-refractivity contribution >= 4 is 17.7 Å². The van der Waals surface area contributed by atoms with E-state index in [-0.39, 0.29) is 12.4 Å². The second-order valence-electron chi connectivity index (χ2n) is 4.32. The zero-order chi connectivity index (χ0) is 13.4. The SMILES string of the molecule is O=C1OC2=C(CCC=C2F)Sc2ccc(CO)cc21. The van der Waals surface area contributed by atoms with Crippen LogP contribution in [0, 0.1) is 0 Å². The number of halogens is 1. The molecule has 19 heavy (non-hydrogen) atoms. The van der Waals surface area contributed by atoms with E-state index >= 15 is 0 Å². The molecule has 0 unspecified atom stereocenters. The highest BCUT2D eigenvalue weighted by Gasteiger charge is 2.28. The molecule has 0 saturated heterocycles. The van der Waals surface area contributed by atoms with Gasteiger partial charge in [0.2, 0.25) is 0 Å². The fourth-order valence-electron chi connectivity index (χ4n) is 2.08. The van der Waals surface area contributed by atoms with E-state index in [0.717, 1.165) is 9.80 Å². The van der Waals surface area contributed by atoms with Gasteiger partial charge in [-0.25, -0.2) is 9.18 Å². The number of fused-ring (bicyclic) bond motifs is 1. The lowest BCUT2D eigenvalue weighted by atomic mass is 10.1. The molecule has 5 heteroatoms. The summed E-state index contributed by atoms with van der Waals surface area (Å²) in [5.74, 6) is -1.01. The number of benzene rings is 1. The molecule has 2 aliphatic rings. The zero-order valence-corrected chi connectivity index (χ0v) is 10.8. The maximum atomic E-state index is 13.7. The number of aliphatic hydroxyl groups excluding tert-OH is 1. The van der Waals surface area contributed by atoms with Crippen LogP contribution in [-0.2, 0) is 11.3 Å². The first kappa shape index (κ1) is 12.4. The molecule has 3 rings (SSSR count). The molecule has 1 aromatic rings. The Morgan fingerprint density at radius 2 is 2.26 bits per heavy atom. The molecule has 98 valence electrons. The molecular weight excluding hydrogens is 267 g/mol. The third kappa shape index (κ3) is 2.19. The van der Waals surface area contributed by atoms with E-state index in [4.69, 9.17) is 9.84 Å². The maximum Gasteiger partial charge on any atom is 0.344 e. The lowest BCUT2D eigenvalue weighted by molar-refractivity contribution is 0.0617. The van der Waals surface area contributed by atoms with E-state index < -0.39 is 11.8 Å². The van der Waals surface area contributed by atoms with Crippen molar-refractivity contribution in [1.82, 2.24) is 0 Å². The molecule has 3 nitrogen and oxygen atoms in total. The molecule has 0 spiro atoms. The highest BCUT2D eigenvalue weighted by atomic mass is 32.2. The summed E-state index contributed by atoms with van der Waals surface area (Å²) in [4.78, 5) is 13.5. The minimum atomic E-state index is -0.576. The summed E-state index contributed by atoms with van der Waals surface area (Å²) in [6.45, 7) is -0.146. The number of rotatable bonds is 1. The predicted octanol–water partition coefficient (Wildman–Crippen LogP) is 3.30. The van der Waals surface area contributed by atoms with E-state index in [1.807, 2.05) is 0 Å². The minimum absolute atomic E-state index is 0.0444. The Hall–Kier alpha value is -1.59. The number of aliphatic hydroxyl groups is 1. The molecule has 1 heterocycles. The molecule has 0 fully saturated rings. The molecular formula is C14H11FO3S. The van der Waals surface area contributed by atoms with Crippen molar-refractivity contribution in [3.63, 3.8) is 0 Å². The van der Waals surface area contributed by atoms with Gasteiger partial charge in [0.15, 0.2) is 11.6 Å². The van der Waals surface area contributed by atoms with Crippen LogP contribution in [0.1, 0.15) is 28.8 Å². The third-order valence-corrected chi connectivity index (χ3v) is 4.25. The van der Waals surface area contributed by atoms with Crippen molar-refractivity contribution in [2.24, 2.45) is 0 Å². The van der Waals surface area contributed by atoms with Crippen molar-refractivity contribution in [2.45, 2.75) is 24.3 Å². The number of thioether (sulfide) groups is 1. The van der Waals surface area contributed by atoms with E-state index in [2.05, 4.69) is 0 Å². The number of hydrogen-bond acceptors (Lipinski definition) is 4. The minimum Gasteiger partial charge on any atom is -0.419 e. The molecule has 0 saturated carbocycles. The molecule has 0 bridgehead atoms. The van der Waals surface area contributed by atoms with Gasteiger partial charge in [0, 0.05) is 9.80 Å². The summed E-state index contributed by atoms with van der Waals surface area (Å²) < 4.78 is 18.9. The number of ether oxygens (including phenoxy) is 1. The van der Waals surface area contributed by atoms with Gasteiger partial charge in [-0.1, -0.05) is 17.8 Å². The van der Waals surface area contributed by atoms with Crippen LogP contribution in [0.2, 0.25) is 0 Å². The smallest absolute Gasteiger partial charge is 0.344 e. The van der Waals surface area contributed by atoms with Crippen molar-refractivity contribution in [2.75, 3.05) is 0 Å². The van der Waals surface area contributed by atoms with Gasteiger partial charge in [0.05, 0.1) is 12.2 Å². The quantitative estimate of drug-likeness (QED) is 0.801. The number of esters is 1. The molecule has 0 radical (unpaired) electrons. The number of allylic oxidation sites excluding steroid dienone is 3. The zero-order valence-electron chi connectivity index (χ0n) is 9.98. The van der Waals surface area contributed by atoms with E-state index in [1.165, 1.54) is 17.8 Å². The number of carbonyl (C=O) groups excluding carboxylic acids is 1. The second kappa shape index (κ2) is 4.83. The van der Waals surface area contributed by atoms with E-state index in [1.54, 1.807) is 18.2 Å². The molecule has 0 aromatic heterocycles. The Kier molecular flexibility index (Phi) is 3.16. The lowest BCUT2D eigenvalue weighted by Crippen LogP contribution is -2.07. The Morgan fingerprint density at radius 1 is 1.42 bits per heavy atom. The van der Waals surface area contributed by atoms with Crippen molar-refractivity contribution < 1.29 is 19.0 Å². The van der Waals surface area contributed by atoms with Crippen LogP contribution in [0.4, 0.5) is 4.39 Å². The van der Waals surface area contributed by atoms with Crippen LogP contribution in [0.5, 0.6) is 0 Å². The van der Waals surface area contributed by atoms with Crippen molar-refractivity contribution in [1.29, 1.82) is 0 Å². The van der Waals surface area contributed by atoms with Gasteiger partial charge in [-0.05, 0) is 36.6 Å². The van der Waals surface area contributed by atoms with Crippen LogP contribution in [-0.4, -0.2) is 11.1 Å². The van der Waals surface area contributed by atoms with Crippen LogP contribution in [0.15, 0.2) is 45.7 Å². The molecule has 1 aliphatic heterocycles. The summed E-state index contributed by atoms with van der Waals surface area (Å²) >= 11 is 1.36. The van der Waals surface area contributed by atoms with Gasteiger partial charge < -0.3 is 9.84 Å². The van der Waals surface area contributed by atoms with Crippen LogP contribution >= 0.6 is 11.8 Å². The van der Waals surface area contributed by atoms with Gasteiger partial charge >= 0.3 is 5.97 Å². The van der Waals surface area contributed by atoms with Gasteiger partial charge in [0.1, 0.15) is 0 Å². The standard InChI is InChI=1S/C14H11FO3S/c15-10-2-1-3-12-13(10)18-14(17)9-6-8(7-16)4-5-11(9)19-12/h2,4-6,16H,1,3,7H2. The number of hydrogen-bond donors (Lipinski definition) is 1. The van der Waals surface area contributed by atoms with Gasteiger partial charge in [-0.2, -0.15) is 0 Å². The fraction of sp³-hybridized carbons (Fsp3) is 0.214. The Balaban J connectivity index is 2.07. The molecule has 1 aromatic carbocycles. The summed E-state index contributed by atoms with van der Waals surface area (Å²) in [5, 5.41) is 9.11. The molecule has 0 atom stereocenters. The van der Waals surface area contributed by atoms with Crippen molar-refractivity contribution in [3.05, 3.63) is 51.9 Å². The van der Waals surface area contributed by atoms with Crippen molar-refractivity contribution in [3.8, 4) is 0 Å². The first-order chi connectivity index (χ1) is 9.19. The molecule has 1 aliphatic carbocycles. The molecule has 1 N–H and O–H groups in total. The average molecular weight is 278 g/mol. The summed E-state index contributed by atoms with van der Waals surface area (Å²) in [7, 11) is 0. The Labute approximate surface area is 113 Å². The Morgan fingerprint density at radius 3 is 3.05 bits per heavy atom. The predicted molar refractivity (Wildman–Crippen MR) is 69.1 cm³/mol. The van der Waals surface area contributed by atoms with E-state index in [9.17, 15) is 9.18 Å². The second-order valence-corrected chi connectivity index (χ2v) is 5.46. The monoisotopic (exact) mass is 278 g/mol. The van der Waals surface area contributed by atoms with Gasteiger partial charge in [-0.15, -0.1) is 0 Å². The average Bonchev–Trinajstić information content (AvgIpc) is 2.56. The fourth-order valence-corrected chi connectivity index (χ4v) is 3.18. The maximum absolute atomic E-state index is 13.7. The summed E-state index contributed by atoms with van der Waals surface area (Å²) in [6, 6.07) is 5.10. The first-order valence-electron chi connectivity index (χ1n) is 5.92. The summed E-state index contributed by atoms with van der Waals surface area (Å²) in [5.41, 5.74) is 1.01. The molecule has 0 amide bonds. The largest absolute Gasteiger partial charge is 0.419 e. The highest BCUT2D eigenvalue weighted by molar-refractivity contribution is 8.03. The normalized spacial score (nSPS) is 18.2.